The molecule has 1 heterocycles. The predicted molar refractivity (Wildman–Crippen MR) is 60.4 cm³/mol. The van der Waals surface area contributed by atoms with Crippen LogP contribution in [0.2, 0.25) is 0 Å². The summed E-state index contributed by atoms with van der Waals surface area (Å²) in [5.74, 6) is 0.657. The molecule has 0 amide bonds. The van der Waals surface area contributed by atoms with Gasteiger partial charge in [0.2, 0.25) is 0 Å². The number of rotatable bonds is 2. The second kappa shape index (κ2) is 4.25. The zero-order valence-corrected chi connectivity index (χ0v) is 9.98. The second-order valence-corrected chi connectivity index (χ2v) is 5.15. The molecule has 16 heavy (non-hydrogen) atoms. The monoisotopic (exact) mass is 218 g/mol. The first kappa shape index (κ1) is 11.1. The summed E-state index contributed by atoms with van der Waals surface area (Å²) in [6, 6.07) is 2.53. The molecule has 1 fully saturated rings. The van der Waals surface area contributed by atoms with Crippen LogP contribution in [-0.2, 0) is 13.5 Å². The molecule has 0 spiro atoms. The van der Waals surface area contributed by atoms with Crippen LogP contribution in [0.4, 0.5) is 0 Å². The molecule has 4 heteroatoms. The summed E-state index contributed by atoms with van der Waals surface area (Å²) in [6.07, 6.45) is 7.09. The minimum absolute atomic E-state index is 0.201. The normalized spacial score (nSPS) is 29.9. The molecule has 1 aliphatic rings. The molecule has 86 valence electrons. The minimum atomic E-state index is -0.201. The van der Waals surface area contributed by atoms with E-state index in [9.17, 15) is 5.26 Å². The van der Waals surface area contributed by atoms with Crippen LogP contribution >= 0.6 is 0 Å². The Bertz CT molecular complexity index is 403. The van der Waals surface area contributed by atoms with E-state index in [2.05, 4.69) is 23.3 Å². The van der Waals surface area contributed by atoms with Gasteiger partial charge in [-0.15, -0.1) is 5.10 Å². The van der Waals surface area contributed by atoms with Crippen LogP contribution in [0, 0.1) is 22.7 Å². The summed E-state index contributed by atoms with van der Waals surface area (Å²) in [5, 5.41) is 17.4. The molecule has 0 aromatic carbocycles. The van der Waals surface area contributed by atoms with E-state index in [1.807, 2.05) is 13.2 Å². The van der Waals surface area contributed by atoms with Gasteiger partial charge in [-0.05, 0) is 18.8 Å². The quantitative estimate of drug-likeness (QED) is 0.763. The Balaban J connectivity index is 2.13. The zero-order chi connectivity index (χ0) is 11.6. The van der Waals surface area contributed by atoms with Crippen molar-refractivity contribution in [2.45, 2.75) is 39.0 Å². The summed E-state index contributed by atoms with van der Waals surface area (Å²) >= 11 is 0. The van der Waals surface area contributed by atoms with E-state index >= 15 is 0 Å². The highest BCUT2D eigenvalue weighted by Gasteiger charge is 2.35. The molecule has 0 N–H and O–H groups in total. The molecule has 2 atom stereocenters. The summed E-state index contributed by atoms with van der Waals surface area (Å²) in [4.78, 5) is 0. The fourth-order valence-corrected chi connectivity index (χ4v) is 2.78. The standard InChI is InChI=1S/C12H18N4/c1-10-4-3-5-12(6-10,9-13)7-11-8-16(2)15-14-11/h8,10H,3-7H2,1-2H3. The molecular formula is C12H18N4. The Morgan fingerprint density at radius 2 is 2.50 bits per heavy atom. The first-order valence-electron chi connectivity index (χ1n) is 5.90. The van der Waals surface area contributed by atoms with E-state index < -0.39 is 0 Å². The number of aromatic nitrogens is 3. The summed E-state index contributed by atoms with van der Waals surface area (Å²) < 4.78 is 1.70. The predicted octanol–water partition coefficient (Wildman–Crippen LogP) is 2.08. The molecule has 4 nitrogen and oxygen atoms in total. The molecule has 0 saturated heterocycles. The smallest absolute Gasteiger partial charge is 0.0842 e. The van der Waals surface area contributed by atoms with Gasteiger partial charge in [0.1, 0.15) is 0 Å². The summed E-state index contributed by atoms with van der Waals surface area (Å²) in [5.41, 5.74) is 0.742. The van der Waals surface area contributed by atoms with Gasteiger partial charge in [-0.3, -0.25) is 4.68 Å². The van der Waals surface area contributed by atoms with Gasteiger partial charge in [0.05, 0.1) is 17.2 Å². The van der Waals surface area contributed by atoms with Crippen molar-refractivity contribution in [3.63, 3.8) is 0 Å². The van der Waals surface area contributed by atoms with E-state index in [1.54, 1.807) is 4.68 Å². The fourth-order valence-electron chi connectivity index (χ4n) is 2.78. The first-order valence-corrected chi connectivity index (χ1v) is 5.90. The number of nitriles is 1. The maximum atomic E-state index is 9.42. The molecule has 0 aliphatic heterocycles. The van der Waals surface area contributed by atoms with Gasteiger partial charge in [0.25, 0.3) is 0 Å². The van der Waals surface area contributed by atoms with E-state index in [0.29, 0.717) is 5.92 Å². The highest BCUT2D eigenvalue weighted by molar-refractivity contribution is 5.09. The molecule has 1 aromatic rings. The van der Waals surface area contributed by atoms with Crippen molar-refractivity contribution in [3.05, 3.63) is 11.9 Å². The van der Waals surface area contributed by atoms with E-state index in [-0.39, 0.29) is 5.41 Å². The van der Waals surface area contributed by atoms with Gasteiger partial charge in [-0.2, -0.15) is 5.26 Å². The lowest BCUT2D eigenvalue weighted by Crippen LogP contribution is -2.28. The van der Waals surface area contributed by atoms with Gasteiger partial charge in [0, 0.05) is 19.7 Å². The lowest BCUT2D eigenvalue weighted by molar-refractivity contribution is 0.208. The number of hydrogen-bond donors (Lipinski definition) is 0. The van der Waals surface area contributed by atoms with E-state index in [1.165, 1.54) is 6.42 Å². The number of nitrogens with zero attached hydrogens (tertiary/aromatic N) is 4. The maximum Gasteiger partial charge on any atom is 0.0842 e. The lowest BCUT2D eigenvalue weighted by atomic mass is 9.69. The highest BCUT2D eigenvalue weighted by atomic mass is 15.4. The number of aryl methyl sites for hydroxylation is 1. The van der Waals surface area contributed by atoms with Crippen LogP contribution in [0.25, 0.3) is 0 Å². The van der Waals surface area contributed by atoms with Crippen LogP contribution in [0.1, 0.15) is 38.3 Å². The first-order chi connectivity index (χ1) is 7.63. The second-order valence-electron chi connectivity index (χ2n) is 5.15. The van der Waals surface area contributed by atoms with Crippen LogP contribution < -0.4 is 0 Å². The largest absolute Gasteiger partial charge is 0.255 e. The topological polar surface area (TPSA) is 54.5 Å². The lowest BCUT2D eigenvalue weighted by Gasteiger charge is -2.33. The van der Waals surface area contributed by atoms with Crippen LogP contribution in [-0.4, -0.2) is 15.0 Å². The van der Waals surface area contributed by atoms with Crippen LogP contribution in [0.15, 0.2) is 6.20 Å². The molecule has 0 bridgehead atoms. The molecular weight excluding hydrogens is 200 g/mol. The van der Waals surface area contributed by atoms with Crippen molar-refractivity contribution in [1.29, 1.82) is 5.26 Å². The van der Waals surface area contributed by atoms with Crippen molar-refractivity contribution >= 4 is 0 Å². The van der Waals surface area contributed by atoms with Gasteiger partial charge < -0.3 is 0 Å². The Labute approximate surface area is 96.3 Å². The highest BCUT2D eigenvalue weighted by Crippen LogP contribution is 2.40. The minimum Gasteiger partial charge on any atom is -0.255 e. The molecule has 1 aliphatic carbocycles. The van der Waals surface area contributed by atoms with Crippen LogP contribution in [0.3, 0.4) is 0 Å². The van der Waals surface area contributed by atoms with E-state index in [0.717, 1.165) is 31.4 Å². The average Bonchev–Trinajstić information content (AvgIpc) is 2.64. The third kappa shape index (κ3) is 2.24. The Morgan fingerprint density at radius 1 is 1.69 bits per heavy atom. The third-order valence-corrected chi connectivity index (χ3v) is 3.50. The Hall–Kier alpha value is -1.37. The van der Waals surface area contributed by atoms with Crippen molar-refractivity contribution in [1.82, 2.24) is 15.0 Å². The molecule has 0 radical (unpaired) electrons. The van der Waals surface area contributed by atoms with Crippen molar-refractivity contribution in [2.75, 3.05) is 0 Å². The molecule has 1 saturated carbocycles. The van der Waals surface area contributed by atoms with Gasteiger partial charge in [0.15, 0.2) is 0 Å². The SMILES string of the molecule is CC1CCCC(C#N)(Cc2cn(C)nn2)C1. The summed E-state index contributed by atoms with van der Waals surface area (Å²) in [6.45, 7) is 2.24. The van der Waals surface area contributed by atoms with Crippen molar-refractivity contribution < 1.29 is 0 Å². The number of hydrogen-bond acceptors (Lipinski definition) is 3. The Kier molecular flexibility index (Phi) is 2.95. The third-order valence-electron chi connectivity index (χ3n) is 3.50. The van der Waals surface area contributed by atoms with Gasteiger partial charge in [-0.25, -0.2) is 0 Å². The average molecular weight is 218 g/mol. The Morgan fingerprint density at radius 3 is 3.06 bits per heavy atom. The molecule has 1 aromatic heterocycles. The van der Waals surface area contributed by atoms with Crippen LogP contribution in [0.5, 0.6) is 0 Å². The van der Waals surface area contributed by atoms with Gasteiger partial charge in [-0.1, -0.05) is 25.0 Å². The van der Waals surface area contributed by atoms with E-state index in [4.69, 9.17) is 0 Å². The summed E-state index contributed by atoms with van der Waals surface area (Å²) in [7, 11) is 1.86. The van der Waals surface area contributed by atoms with Crippen molar-refractivity contribution in [3.8, 4) is 6.07 Å². The fraction of sp³-hybridized carbons (Fsp3) is 0.750. The maximum absolute atomic E-state index is 9.42. The molecule has 2 rings (SSSR count). The molecule has 2 unspecified atom stereocenters. The van der Waals surface area contributed by atoms with Gasteiger partial charge >= 0.3 is 0 Å². The zero-order valence-electron chi connectivity index (χ0n) is 9.98. The van der Waals surface area contributed by atoms with Crippen molar-refractivity contribution in [2.24, 2.45) is 18.4 Å².